The number of rotatable bonds is 9. The van der Waals surface area contributed by atoms with Crippen LogP contribution in [-0.2, 0) is 11.2 Å². The predicted octanol–water partition coefficient (Wildman–Crippen LogP) is 5.63. The standard InChI is InChI=1S/C29H35N3O3S2/c1-19-6-5-7-20(2)27(19)35-17-21(3)30-28(34)25-18-37-29(31-25)23-12-14-32(15-13-23)26(33)16-22-8-10-24(36-4)11-9-22/h5-11,18,21,23H,12-17H2,1-4H3,(H,30,34). The molecule has 2 heterocycles. The zero-order valence-corrected chi connectivity index (χ0v) is 23.6. The molecule has 2 aromatic carbocycles. The topological polar surface area (TPSA) is 71.5 Å². The second-order valence-electron chi connectivity index (χ2n) is 9.66. The van der Waals surface area contributed by atoms with E-state index in [4.69, 9.17) is 4.74 Å². The zero-order valence-electron chi connectivity index (χ0n) is 22.0. The highest BCUT2D eigenvalue weighted by Gasteiger charge is 2.26. The molecule has 1 atom stereocenters. The van der Waals surface area contributed by atoms with E-state index in [1.165, 1.54) is 16.2 Å². The maximum Gasteiger partial charge on any atom is 0.271 e. The number of aromatic nitrogens is 1. The molecule has 0 saturated carbocycles. The number of thioether (sulfide) groups is 1. The number of carbonyl (C=O) groups excluding carboxylic acids is 2. The van der Waals surface area contributed by atoms with Gasteiger partial charge in [-0.25, -0.2) is 4.98 Å². The quantitative estimate of drug-likeness (QED) is 0.358. The first-order chi connectivity index (χ1) is 17.8. The average molecular weight is 538 g/mol. The van der Waals surface area contributed by atoms with Crippen LogP contribution in [0.25, 0.3) is 0 Å². The predicted molar refractivity (Wildman–Crippen MR) is 151 cm³/mol. The molecule has 196 valence electrons. The molecule has 1 aromatic heterocycles. The first kappa shape index (κ1) is 27.2. The summed E-state index contributed by atoms with van der Waals surface area (Å²) < 4.78 is 5.98. The molecular weight excluding hydrogens is 502 g/mol. The van der Waals surface area contributed by atoms with Gasteiger partial charge in [0.1, 0.15) is 18.1 Å². The SMILES string of the molecule is CSc1ccc(CC(=O)N2CCC(c3nc(C(=O)NC(C)COc4c(C)cccc4C)cs3)CC2)cc1. The molecule has 1 fully saturated rings. The van der Waals surface area contributed by atoms with Crippen LogP contribution in [0.1, 0.15) is 57.9 Å². The molecule has 37 heavy (non-hydrogen) atoms. The Bertz CT molecular complexity index is 1200. The third-order valence-corrected chi connectivity index (χ3v) is 8.48. The van der Waals surface area contributed by atoms with Crippen molar-refractivity contribution in [2.45, 2.75) is 56.9 Å². The van der Waals surface area contributed by atoms with E-state index < -0.39 is 0 Å². The zero-order chi connectivity index (χ0) is 26.4. The third kappa shape index (κ3) is 7.14. The second kappa shape index (κ2) is 12.6. The Labute approximate surface area is 227 Å². The Kier molecular flexibility index (Phi) is 9.27. The number of nitrogens with one attached hydrogen (secondary N) is 1. The molecule has 0 radical (unpaired) electrons. The lowest BCUT2D eigenvalue weighted by atomic mass is 9.97. The summed E-state index contributed by atoms with van der Waals surface area (Å²) in [4.78, 5) is 33.4. The van der Waals surface area contributed by atoms with Gasteiger partial charge in [0.15, 0.2) is 0 Å². The normalized spacial score (nSPS) is 14.9. The van der Waals surface area contributed by atoms with Crippen LogP contribution in [0.4, 0.5) is 0 Å². The molecule has 1 unspecified atom stereocenters. The molecular formula is C29H35N3O3S2. The van der Waals surface area contributed by atoms with Crippen LogP contribution in [0.3, 0.4) is 0 Å². The van der Waals surface area contributed by atoms with Gasteiger partial charge in [0.05, 0.1) is 17.5 Å². The van der Waals surface area contributed by atoms with E-state index in [9.17, 15) is 9.59 Å². The van der Waals surface area contributed by atoms with Crippen LogP contribution in [0, 0.1) is 13.8 Å². The number of piperidine rings is 1. The van der Waals surface area contributed by atoms with Gasteiger partial charge >= 0.3 is 0 Å². The fourth-order valence-corrected chi connectivity index (χ4v) is 5.94. The van der Waals surface area contributed by atoms with Gasteiger partial charge in [-0.15, -0.1) is 23.1 Å². The molecule has 3 aromatic rings. The van der Waals surface area contributed by atoms with Gasteiger partial charge in [0.2, 0.25) is 5.91 Å². The molecule has 0 aliphatic carbocycles. The van der Waals surface area contributed by atoms with E-state index in [2.05, 4.69) is 22.4 Å². The first-order valence-corrected chi connectivity index (χ1v) is 14.8. The summed E-state index contributed by atoms with van der Waals surface area (Å²) in [6.07, 6.45) is 4.22. The second-order valence-corrected chi connectivity index (χ2v) is 11.4. The highest BCUT2D eigenvalue weighted by molar-refractivity contribution is 7.98. The number of aryl methyl sites for hydroxylation is 2. The molecule has 1 saturated heterocycles. The lowest BCUT2D eigenvalue weighted by Crippen LogP contribution is -2.39. The first-order valence-electron chi connectivity index (χ1n) is 12.7. The molecule has 6 nitrogen and oxygen atoms in total. The van der Waals surface area contributed by atoms with Gasteiger partial charge in [-0.2, -0.15) is 0 Å². The van der Waals surface area contributed by atoms with Crippen LogP contribution in [-0.4, -0.2) is 53.7 Å². The third-order valence-electron chi connectivity index (χ3n) is 6.73. The van der Waals surface area contributed by atoms with Crippen molar-refractivity contribution in [3.63, 3.8) is 0 Å². The maximum absolute atomic E-state index is 12.8. The number of hydrogen-bond donors (Lipinski definition) is 1. The lowest BCUT2D eigenvalue weighted by Gasteiger charge is -2.31. The van der Waals surface area contributed by atoms with Crippen molar-refractivity contribution in [2.75, 3.05) is 26.0 Å². The number of thiazole rings is 1. The van der Waals surface area contributed by atoms with Gasteiger partial charge in [0, 0.05) is 29.3 Å². The van der Waals surface area contributed by atoms with Gasteiger partial charge < -0.3 is 15.0 Å². The van der Waals surface area contributed by atoms with Crippen LogP contribution >= 0.6 is 23.1 Å². The van der Waals surface area contributed by atoms with Gasteiger partial charge in [-0.1, -0.05) is 30.3 Å². The molecule has 1 aliphatic heterocycles. The number of nitrogens with zero attached hydrogens (tertiary/aromatic N) is 2. The van der Waals surface area contributed by atoms with Gasteiger partial charge in [0.25, 0.3) is 5.91 Å². The van der Waals surface area contributed by atoms with Crippen LogP contribution in [0.5, 0.6) is 5.75 Å². The summed E-state index contributed by atoms with van der Waals surface area (Å²) in [5.41, 5.74) is 3.67. The van der Waals surface area contributed by atoms with E-state index in [0.29, 0.717) is 18.7 Å². The fraction of sp³-hybridized carbons (Fsp3) is 0.414. The minimum atomic E-state index is -0.180. The van der Waals surface area contributed by atoms with Crippen molar-refractivity contribution in [2.24, 2.45) is 0 Å². The number of ether oxygens (including phenoxy) is 1. The summed E-state index contributed by atoms with van der Waals surface area (Å²) in [6.45, 7) is 7.81. The van der Waals surface area contributed by atoms with E-state index in [1.807, 2.05) is 67.6 Å². The number of hydrogen-bond acceptors (Lipinski definition) is 6. The van der Waals surface area contributed by atoms with Crippen molar-refractivity contribution in [3.05, 3.63) is 75.2 Å². The maximum atomic E-state index is 12.8. The molecule has 2 amide bonds. The van der Waals surface area contributed by atoms with Crippen molar-refractivity contribution in [1.82, 2.24) is 15.2 Å². The number of carbonyl (C=O) groups is 2. The smallest absolute Gasteiger partial charge is 0.271 e. The largest absolute Gasteiger partial charge is 0.491 e. The van der Waals surface area contributed by atoms with E-state index in [1.54, 1.807) is 11.8 Å². The Morgan fingerprint density at radius 2 is 1.81 bits per heavy atom. The highest BCUT2D eigenvalue weighted by atomic mass is 32.2. The lowest BCUT2D eigenvalue weighted by molar-refractivity contribution is -0.131. The van der Waals surface area contributed by atoms with Crippen LogP contribution < -0.4 is 10.1 Å². The monoisotopic (exact) mass is 537 g/mol. The van der Waals surface area contributed by atoms with E-state index in [-0.39, 0.29) is 23.8 Å². The van der Waals surface area contributed by atoms with Crippen LogP contribution in [0.15, 0.2) is 52.7 Å². The van der Waals surface area contributed by atoms with Gasteiger partial charge in [-0.05, 0) is 68.7 Å². The average Bonchev–Trinajstić information content (AvgIpc) is 3.40. The number of para-hydroxylation sites is 1. The Balaban J connectivity index is 1.24. The van der Waals surface area contributed by atoms with E-state index in [0.717, 1.165) is 53.4 Å². The summed E-state index contributed by atoms with van der Waals surface area (Å²) in [6, 6.07) is 14.1. The number of amides is 2. The van der Waals surface area contributed by atoms with Crippen molar-refractivity contribution < 1.29 is 14.3 Å². The fourth-order valence-electron chi connectivity index (χ4n) is 4.56. The molecule has 1 aliphatic rings. The minimum absolute atomic E-state index is 0.150. The van der Waals surface area contributed by atoms with Crippen molar-refractivity contribution >= 4 is 34.9 Å². The van der Waals surface area contributed by atoms with Crippen molar-refractivity contribution in [3.8, 4) is 5.75 Å². The van der Waals surface area contributed by atoms with E-state index >= 15 is 0 Å². The number of benzene rings is 2. The van der Waals surface area contributed by atoms with Crippen molar-refractivity contribution in [1.29, 1.82) is 0 Å². The van der Waals surface area contributed by atoms with Gasteiger partial charge in [-0.3, -0.25) is 9.59 Å². The minimum Gasteiger partial charge on any atom is -0.491 e. The summed E-state index contributed by atoms with van der Waals surface area (Å²) in [5, 5.41) is 5.81. The highest BCUT2D eigenvalue weighted by Crippen LogP contribution is 2.31. The summed E-state index contributed by atoms with van der Waals surface area (Å²) in [7, 11) is 0. The Morgan fingerprint density at radius 1 is 1.14 bits per heavy atom. The van der Waals surface area contributed by atoms with Crippen LogP contribution in [0.2, 0.25) is 0 Å². The summed E-state index contributed by atoms with van der Waals surface area (Å²) in [5.74, 6) is 1.14. The molecule has 4 rings (SSSR count). The number of likely N-dealkylation sites (tertiary alicyclic amines) is 1. The molecule has 0 bridgehead atoms. The molecule has 1 N–H and O–H groups in total. The Morgan fingerprint density at radius 3 is 2.46 bits per heavy atom. The Hall–Kier alpha value is -2.84. The molecule has 0 spiro atoms. The summed E-state index contributed by atoms with van der Waals surface area (Å²) >= 11 is 3.23. The molecule has 8 heteroatoms.